The summed E-state index contributed by atoms with van der Waals surface area (Å²) in [4.78, 5) is 14.0. The van der Waals surface area contributed by atoms with Crippen LogP contribution >= 0.6 is 0 Å². The molecule has 6 nitrogen and oxygen atoms in total. The van der Waals surface area contributed by atoms with Gasteiger partial charge in [0, 0.05) is 55.5 Å². The fourth-order valence-corrected chi connectivity index (χ4v) is 3.86. The van der Waals surface area contributed by atoms with Gasteiger partial charge in [-0.2, -0.15) is 5.10 Å². The molecule has 0 bridgehead atoms. The van der Waals surface area contributed by atoms with Gasteiger partial charge in [-0.15, -0.1) is 0 Å². The van der Waals surface area contributed by atoms with Crippen LogP contribution in [0.1, 0.15) is 12.5 Å². The van der Waals surface area contributed by atoms with Gasteiger partial charge in [-0.25, -0.2) is 9.80 Å². The first-order chi connectivity index (χ1) is 12.8. The van der Waals surface area contributed by atoms with Crippen molar-refractivity contribution in [1.82, 2.24) is 5.01 Å². The van der Waals surface area contributed by atoms with Gasteiger partial charge in [-0.1, -0.05) is 19.1 Å². The lowest BCUT2D eigenvalue weighted by molar-refractivity contribution is 0.216. The number of hydrazone groups is 1. The SMILES string of the molecule is CC1CN(C(=O)Nc2ccc(S(C)=O)cc2)N=C1c1ccc(S(C)=O)cc1. The van der Waals surface area contributed by atoms with Crippen LogP contribution in [0.4, 0.5) is 10.5 Å². The number of carbonyl (C=O) groups is 1. The summed E-state index contributed by atoms with van der Waals surface area (Å²) in [6.07, 6.45) is 3.25. The summed E-state index contributed by atoms with van der Waals surface area (Å²) in [6.45, 7) is 2.50. The molecule has 0 aromatic heterocycles. The number of benzene rings is 2. The third kappa shape index (κ3) is 4.51. The van der Waals surface area contributed by atoms with Crippen molar-refractivity contribution in [2.45, 2.75) is 16.7 Å². The third-order valence-electron chi connectivity index (χ3n) is 4.30. The standard InChI is InChI=1S/C19H21N3O3S2/c1-13-12-22(19(23)20-15-6-10-17(11-7-15)27(3)25)21-18(13)14-4-8-16(9-5-14)26(2)24/h4-11,13H,12H2,1-3H3,(H,20,23). The molecule has 1 N–H and O–H groups in total. The van der Waals surface area contributed by atoms with E-state index in [-0.39, 0.29) is 11.9 Å². The summed E-state index contributed by atoms with van der Waals surface area (Å²) < 4.78 is 23.0. The van der Waals surface area contributed by atoms with Crippen molar-refractivity contribution in [2.24, 2.45) is 11.0 Å². The second-order valence-electron chi connectivity index (χ2n) is 6.36. The highest BCUT2D eigenvalue weighted by Crippen LogP contribution is 2.21. The van der Waals surface area contributed by atoms with Gasteiger partial charge in [0.1, 0.15) is 0 Å². The van der Waals surface area contributed by atoms with Gasteiger partial charge in [0.05, 0.1) is 12.3 Å². The number of carbonyl (C=O) groups excluding carboxylic acids is 1. The molecule has 2 amide bonds. The maximum Gasteiger partial charge on any atom is 0.342 e. The van der Waals surface area contributed by atoms with E-state index in [9.17, 15) is 13.2 Å². The van der Waals surface area contributed by atoms with Gasteiger partial charge in [0.25, 0.3) is 0 Å². The first kappa shape index (κ1) is 19.4. The molecule has 0 radical (unpaired) electrons. The van der Waals surface area contributed by atoms with Gasteiger partial charge in [0.15, 0.2) is 0 Å². The summed E-state index contributed by atoms with van der Waals surface area (Å²) in [7, 11) is -2.07. The van der Waals surface area contributed by atoms with Gasteiger partial charge in [-0.05, 0) is 42.0 Å². The molecule has 0 aliphatic carbocycles. The largest absolute Gasteiger partial charge is 0.342 e. The molecule has 3 unspecified atom stereocenters. The molecule has 1 heterocycles. The molecule has 0 saturated heterocycles. The summed E-state index contributed by atoms with van der Waals surface area (Å²) in [5.74, 6) is 0.0959. The smallest absolute Gasteiger partial charge is 0.306 e. The van der Waals surface area contributed by atoms with Gasteiger partial charge < -0.3 is 5.32 Å². The normalized spacial score (nSPS) is 18.7. The first-order valence-electron chi connectivity index (χ1n) is 8.39. The highest BCUT2D eigenvalue weighted by atomic mass is 32.2. The topological polar surface area (TPSA) is 78.8 Å². The molecule has 0 fully saturated rings. The molecule has 2 aromatic carbocycles. The van der Waals surface area contributed by atoms with E-state index in [2.05, 4.69) is 10.4 Å². The van der Waals surface area contributed by atoms with Crippen LogP contribution in [0.2, 0.25) is 0 Å². The van der Waals surface area contributed by atoms with Gasteiger partial charge >= 0.3 is 6.03 Å². The Morgan fingerprint density at radius 1 is 1.00 bits per heavy atom. The minimum absolute atomic E-state index is 0.0959. The lowest BCUT2D eigenvalue weighted by Gasteiger charge is -2.13. The molecule has 2 aromatic rings. The average Bonchev–Trinajstić information content (AvgIpc) is 3.04. The second-order valence-corrected chi connectivity index (χ2v) is 9.11. The number of urea groups is 1. The maximum absolute atomic E-state index is 12.5. The highest BCUT2D eigenvalue weighted by Gasteiger charge is 2.28. The van der Waals surface area contributed by atoms with Gasteiger partial charge in [-0.3, -0.25) is 8.42 Å². The molecule has 3 atom stereocenters. The van der Waals surface area contributed by atoms with E-state index in [1.807, 2.05) is 31.2 Å². The van der Waals surface area contributed by atoms with Crippen LogP contribution < -0.4 is 5.32 Å². The van der Waals surface area contributed by atoms with Crippen molar-refractivity contribution in [3.63, 3.8) is 0 Å². The van der Waals surface area contributed by atoms with E-state index in [0.29, 0.717) is 17.1 Å². The van der Waals surface area contributed by atoms with E-state index in [4.69, 9.17) is 0 Å². The zero-order chi connectivity index (χ0) is 19.6. The molecular weight excluding hydrogens is 382 g/mol. The fraction of sp³-hybridized carbons (Fsp3) is 0.263. The third-order valence-corrected chi connectivity index (χ3v) is 6.17. The van der Waals surface area contributed by atoms with Crippen molar-refractivity contribution in [2.75, 3.05) is 24.4 Å². The molecule has 0 spiro atoms. The molecule has 142 valence electrons. The molecule has 1 aliphatic heterocycles. The van der Waals surface area contributed by atoms with Crippen molar-refractivity contribution >= 4 is 39.0 Å². The van der Waals surface area contributed by atoms with Crippen LogP contribution in [0, 0.1) is 5.92 Å². The fourth-order valence-electron chi connectivity index (χ4n) is 2.82. The Hall–Kier alpha value is -2.32. The van der Waals surface area contributed by atoms with E-state index in [1.165, 1.54) is 5.01 Å². The Bertz CT molecular complexity index is 924. The lowest BCUT2D eigenvalue weighted by atomic mass is 10.00. The Morgan fingerprint density at radius 3 is 2.04 bits per heavy atom. The molecule has 8 heteroatoms. The Morgan fingerprint density at radius 2 is 1.52 bits per heavy atom. The number of nitrogens with zero attached hydrogens (tertiary/aromatic N) is 2. The van der Waals surface area contributed by atoms with E-state index >= 15 is 0 Å². The maximum atomic E-state index is 12.5. The van der Waals surface area contributed by atoms with Crippen LogP contribution in [0.3, 0.4) is 0 Å². The lowest BCUT2D eigenvalue weighted by Crippen LogP contribution is -2.30. The van der Waals surface area contributed by atoms with Gasteiger partial charge in [0.2, 0.25) is 0 Å². The molecular formula is C19H21N3O3S2. The van der Waals surface area contributed by atoms with E-state index in [0.717, 1.165) is 16.2 Å². The number of amides is 2. The number of hydrogen-bond donors (Lipinski definition) is 1. The van der Waals surface area contributed by atoms with Crippen LogP contribution in [-0.2, 0) is 21.6 Å². The number of hydrogen-bond acceptors (Lipinski definition) is 4. The van der Waals surface area contributed by atoms with Crippen molar-refractivity contribution in [1.29, 1.82) is 0 Å². The van der Waals surface area contributed by atoms with Crippen LogP contribution in [0.15, 0.2) is 63.4 Å². The molecule has 1 aliphatic rings. The summed E-state index contributed by atoms with van der Waals surface area (Å²) in [5, 5.41) is 8.69. The number of nitrogens with one attached hydrogen (secondary N) is 1. The summed E-state index contributed by atoms with van der Waals surface area (Å²) in [5.41, 5.74) is 2.37. The molecule has 0 saturated carbocycles. The number of rotatable bonds is 4. The summed E-state index contributed by atoms with van der Waals surface area (Å²) in [6, 6.07) is 14.0. The number of anilines is 1. The van der Waals surface area contributed by atoms with Crippen LogP contribution in [0.25, 0.3) is 0 Å². The predicted molar refractivity (Wildman–Crippen MR) is 109 cm³/mol. The zero-order valence-electron chi connectivity index (χ0n) is 15.3. The van der Waals surface area contributed by atoms with Crippen molar-refractivity contribution in [3.8, 4) is 0 Å². The first-order valence-corrected chi connectivity index (χ1v) is 11.5. The average molecular weight is 404 g/mol. The minimum Gasteiger partial charge on any atom is -0.306 e. The van der Waals surface area contributed by atoms with Crippen molar-refractivity contribution in [3.05, 3.63) is 54.1 Å². The van der Waals surface area contributed by atoms with E-state index in [1.54, 1.807) is 36.8 Å². The Balaban J connectivity index is 1.72. The van der Waals surface area contributed by atoms with Crippen LogP contribution in [0.5, 0.6) is 0 Å². The predicted octanol–water partition coefficient (Wildman–Crippen LogP) is 3.05. The van der Waals surface area contributed by atoms with Crippen LogP contribution in [-0.4, -0.2) is 44.2 Å². The van der Waals surface area contributed by atoms with E-state index < -0.39 is 21.6 Å². The zero-order valence-corrected chi connectivity index (χ0v) is 17.0. The molecule has 27 heavy (non-hydrogen) atoms. The highest BCUT2D eigenvalue weighted by molar-refractivity contribution is 7.84. The molecule has 3 rings (SSSR count). The van der Waals surface area contributed by atoms with Crippen molar-refractivity contribution < 1.29 is 13.2 Å². The minimum atomic E-state index is -1.05. The quantitative estimate of drug-likeness (QED) is 0.852. The Labute approximate surface area is 163 Å². The summed E-state index contributed by atoms with van der Waals surface area (Å²) >= 11 is 0. The monoisotopic (exact) mass is 403 g/mol. The Kier molecular flexibility index (Phi) is 5.86. The second kappa shape index (κ2) is 8.14.